The SMILES string of the molecule is CSC1CCC(NC(=O)C(N)CC(=O)O)CC1. The van der Waals surface area contributed by atoms with E-state index in [1.54, 1.807) is 0 Å². The Morgan fingerprint density at radius 3 is 2.47 bits per heavy atom. The van der Waals surface area contributed by atoms with Crippen molar-refractivity contribution in [3.63, 3.8) is 0 Å². The smallest absolute Gasteiger partial charge is 0.305 e. The second-order valence-electron chi connectivity index (χ2n) is 4.42. The molecule has 1 unspecified atom stereocenters. The van der Waals surface area contributed by atoms with Gasteiger partial charge >= 0.3 is 5.97 Å². The van der Waals surface area contributed by atoms with Crippen molar-refractivity contribution < 1.29 is 14.7 Å². The van der Waals surface area contributed by atoms with Crippen LogP contribution in [0, 0.1) is 0 Å². The lowest BCUT2D eigenvalue weighted by atomic mass is 9.94. The van der Waals surface area contributed by atoms with Gasteiger partial charge in [0.2, 0.25) is 5.91 Å². The Kier molecular flexibility index (Phi) is 5.77. The lowest BCUT2D eigenvalue weighted by Gasteiger charge is -2.28. The van der Waals surface area contributed by atoms with E-state index in [1.807, 2.05) is 11.8 Å². The number of amides is 1. The van der Waals surface area contributed by atoms with Gasteiger partial charge in [0.1, 0.15) is 0 Å². The summed E-state index contributed by atoms with van der Waals surface area (Å²) in [6.07, 6.45) is 5.90. The zero-order valence-corrected chi connectivity index (χ0v) is 10.8. The average Bonchev–Trinajstić information content (AvgIpc) is 2.29. The summed E-state index contributed by atoms with van der Waals surface area (Å²) in [4.78, 5) is 22.0. The Bertz CT molecular complexity index is 278. The number of carbonyl (C=O) groups is 2. The first-order chi connectivity index (χ1) is 8.02. The summed E-state index contributed by atoms with van der Waals surface area (Å²) in [6, 6.07) is -0.781. The van der Waals surface area contributed by atoms with Crippen molar-refractivity contribution in [2.45, 2.75) is 49.4 Å². The topological polar surface area (TPSA) is 92.4 Å². The average molecular weight is 260 g/mol. The molecule has 1 saturated carbocycles. The zero-order valence-electron chi connectivity index (χ0n) is 10.0. The third kappa shape index (κ3) is 4.95. The minimum atomic E-state index is -1.04. The van der Waals surface area contributed by atoms with Gasteiger partial charge in [-0.1, -0.05) is 0 Å². The van der Waals surface area contributed by atoms with E-state index in [-0.39, 0.29) is 18.4 Å². The van der Waals surface area contributed by atoms with Crippen LogP contribution in [-0.4, -0.2) is 40.6 Å². The third-order valence-corrected chi connectivity index (χ3v) is 4.22. The van der Waals surface area contributed by atoms with Crippen molar-refractivity contribution >= 4 is 23.6 Å². The molecule has 4 N–H and O–H groups in total. The minimum Gasteiger partial charge on any atom is -0.481 e. The van der Waals surface area contributed by atoms with Crippen molar-refractivity contribution in [1.82, 2.24) is 5.32 Å². The van der Waals surface area contributed by atoms with Crippen LogP contribution < -0.4 is 11.1 Å². The van der Waals surface area contributed by atoms with Crippen LogP contribution in [0.4, 0.5) is 0 Å². The normalized spacial score (nSPS) is 26.2. The molecule has 6 heteroatoms. The molecular weight excluding hydrogens is 240 g/mol. The number of nitrogens with one attached hydrogen (secondary N) is 1. The van der Waals surface area contributed by atoms with Gasteiger partial charge in [-0.25, -0.2) is 0 Å². The summed E-state index contributed by atoms with van der Waals surface area (Å²) < 4.78 is 0. The van der Waals surface area contributed by atoms with Gasteiger partial charge < -0.3 is 16.2 Å². The molecule has 0 saturated heterocycles. The fourth-order valence-corrected chi connectivity index (χ4v) is 2.78. The first kappa shape index (κ1) is 14.3. The van der Waals surface area contributed by atoms with Gasteiger partial charge in [-0.2, -0.15) is 11.8 Å². The summed E-state index contributed by atoms with van der Waals surface area (Å²) in [7, 11) is 0. The number of carboxylic acid groups (broad SMARTS) is 1. The molecule has 1 aliphatic carbocycles. The molecule has 0 heterocycles. The van der Waals surface area contributed by atoms with Crippen LogP contribution in [0.15, 0.2) is 0 Å². The second kappa shape index (κ2) is 6.86. The van der Waals surface area contributed by atoms with E-state index in [4.69, 9.17) is 10.8 Å². The number of thioether (sulfide) groups is 1. The van der Waals surface area contributed by atoms with Crippen molar-refractivity contribution in [1.29, 1.82) is 0 Å². The van der Waals surface area contributed by atoms with Crippen LogP contribution in [0.2, 0.25) is 0 Å². The molecule has 98 valence electrons. The molecule has 1 aliphatic rings. The van der Waals surface area contributed by atoms with Gasteiger partial charge in [0, 0.05) is 11.3 Å². The van der Waals surface area contributed by atoms with E-state index < -0.39 is 12.0 Å². The molecule has 0 aromatic heterocycles. The van der Waals surface area contributed by atoms with E-state index >= 15 is 0 Å². The van der Waals surface area contributed by atoms with Crippen LogP contribution in [0.1, 0.15) is 32.1 Å². The monoisotopic (exact) mass is 260 g/mol. The minimum absolute atomic E-state index is 0.158. The Morgan fingerprint density at radius 1 is 1.41 bits per heavy atom. The second-order valence-corrected chi connectivity index (χ2v) is 5.56. The first-order valence-corrected chi connectivity index (χ1v) is 7.12. The van der Waals surface area contributed by atoms with Crippen LogP contribution in [0.25, 0.3) is 0 Å². The maximum absolute atomic E-state index is 11.6. The molecule has 1 rings (SSSR count). The maximum atomic E-state index is 11.6. The van der Waals surface area contributed by atoms with Crippen molar-refractivity contribution in [2.24, 2.45) is 5.73 Å². The van der Waals surface area contributed by atoms with Crippen LogP contribution in [-0.2, 0) is 9.59 Å². The molecule has 1 amide bonds. The summed E-state index contributed by atoms with van der Waals surface area (Å²) >= 11 is 1.87. The molecular formula is C11H20N2O3S. The number of hydrogen-bond donors (Lipinski definition) is 3. The summed E-state index contributed by atoms with van der Waals surface area (Å²) in [6.45, 7) is 0. The van der Waals surface area contributed by atoms with Crippen molar-refractivity contribution in [2.75, 3.05) is 6.26 Å². The van der Waals surface area contributed by atoms with Gasteiger partial charge in [-0.05, 0) is 31.9 Å². The molecule has 1 atom stereocenters. The summed E-state index contributed by atoms with van der Waals surface area (Å²) in [5.74, 6) is -1.39. The van der Waals surface area contributed by atoms with E-state index in [9.17, 15) is 9.59 Å². The molecule has 1 fully saturated rings. The van der Waals surface area contributed by atoms with E-state index in [1.165, 1.54) is 0 Å². The van der Waals surface area contributed by atoms with Gasteiger partial charge in [-0.15, -0.1) is 0 Å². The number of nitrogens with two attached hydrogens (primary N) is 1. The molecule has 0 aromatic carbocycles. The lowest BCUT2D eigenvalue weighted by Crippen LogP contribution is -2.47. The number of carbonyl (C=O) groups excluding carboxylic acids is 1. The number of rotatable bonds is 5. The highest BCUT2D eigenvalue weighted by Crippen LogP contribution is 2.26. The predicted octanol–water partition coefficient (Wildman–Crippen LogP) is 0.579. The molecule has 0 bridgehead atoms. The first-order valence-electron chi connectivity index (χ1n) is 5.83. The highest BCUT2D eigenvalue weighted by Gasteiger charge is 2.24. The summed E-state index contributed by atoms with van der Waals surface area (Å²) in [5, 5.41) is 12.1. The quantitative estimate of drug-likeness (QED) is 0.672. The number of carboxylic acids is 1. The Hall–Kier alpha value is -0.750. The van der Waals surface area contributed by atoms with Gasteiger partial charge in [-0.3, -0.25) is 9.59 Å². The fraction of sp³-hybridized carbons (Fsp3) is 0.818. The molecule has 0 aliphatic heterocycles. The van der Waals surface area contributed by atoms with E-state index in [2.05, 4.69) is 11.6 Å². The Morgan fingerprint density at radius 2 is 2.00 bits per heavy atom. The standard InChI is InChI=1S/C11H20N2O3S/c1-17-8-4-2-7(3-5-8)13-11(16)9(12)6-10(14)15/h7-9H,2-6,12H2,1H3,(H,13,16)(H,14,15). The zero-order chi connectivity index (χ0) is 12.8. The molecule has 5 nitrogen and oxygen atoms in total. The Balaban J connectivity index is 2.30. The van der Waals surface area contributed by atoms with Gasteiger partial charge in [0.15, 0.2) is 0 Å². The molecule has 0 radical (unpaired) electrons. The number of aliphatic carboxylic acids is 1. The van der Waals surface area contributed by atoms with Gasteiger partial charge in [0.25, 0.3) is 0 Å². The lowest BCUT2D eigenvalue weighted by molar-refractivity contribution is -0.139. The number of hydrogen-bond acceptors (Lipinski definition) is 4. The highest BCUT2D eigenvalue weighted by molar-refractivity contribution is 7.99. The largest absolute Gasteiger partial charge is 0.481 e. The van der Waals surface area contributed by atoms with Crippen LogP contribution >= 0.6 is 11.8 Å². The molecule has 0 spiro atoms. The molecule has 17 heavy (non-hydrogen) atoms. The summed E-state index contributed by atoms with van der Waals surface area (Å²) in [5.41, 5.74) is 5.49. The van der Waals surface area contributed by atoms with Crippen LogP contribution in [0.3, 0.4) is 0 Å². The van der Waals surface area contributed by atoms with Crippen molar-refractivity contribution in [3.05, 3.63) is 0 Å². The van der Waals surface area contributed by atoms with Crippen molar-refractivity contribution in [3.8, 4) is 0 Å². The van der Waals surface area contributed by atoms with Gasteiger partial charge in [0.05, 0.1) is 12.5 Å². The molecule has 0 aromatic rings. The van der Waals surface area contributed by atoms with E-state index in [0.717, 1.165) is 25.7 Å². The predicted molar refractivity (Wildman–Crippen MR) is 67.9 cm³/mol. The Labute approximate surface area is 106 Å². The fourth-order valence-electron chi connectivity index (χ4n) is 2.03. The third-order valence-electron chi connectivity index (χ3n) is 3.09. The van der Waals surface area contributed by atoms with E-state index in [0.29, 0.717) is 5.25 Å². The maximum Gasteiger partial charge on any atom is 0.305 e. The highest BCUT2D eigenvalue weighted by atomic mass is 32.2. The van der Waals surface area contributed by atoms with Crippen LogP contribution in [0.5, 0.6) is 0 Å².